The molecule has 1 fully saturated rings. The number of unbranched alkanes of at least 4 members (excludes halogenated alkanes) is 1. The first-order chi connectivity index (χ1) is 8.40. The number of benzene rings is 1. The minimum atomic E-state index is 0.693. The van der Waals surface area contributed by atoms with Gasteiger partial charge in [0.25, 0.3) is 0 Å². The number of anilines is 1. The molecule has 0 unspecified atom stereocenters. The number of carbonyl (C=O) groups is 1. The van der Waals surface area contributed by atoms with Gasteiger partial charge < -0.3 is 9.69 Å². The molecule has 1 aromatic carbocycles. The molecule has 92 valence electrons. The monoisotopic (exact) mass is 232 g/mol. The van der Waals surface area contributed by atoms with Crippen LogP contribution in [0.5, 0.6) is 0 Å². The lowest BCUT2D eigenvalue weighted by atomic mass is 10.2. The zero-order chi connectivity index (χ0) is 11.9. The molecule has 1 aliphatic heterocycles. The van der Waals surface area contributed by atoms with Crippen LogP contribution in [0.1, 0.15) is 12.8 Å². The molecule has 2 rings (SSSR count). The van der Waals surface area contributed by atoms with Crippen molar-refractivity contribution in [3.8, 4) is 0 Å². The van der Waals surface area contributed by atoms with E-state index in [4.69, 9.17) is 0 Å². The highest BCUT2D eigenvalue weighted by Gasteiger charge is 2.16. The average Bonchev–Trinajstić information content (AvgIpc) is 2.41. The fourth-order valence-electron chi connectivity index (χ4n) is 2.27. The summed E-state index contributed by atoms with van der Waals surface area (Å²) in [6, 6.07) is 10.6. The lowest BCUT2D eigenvalue weighted by Crippen LogP contribution is -2.46. The van der Waals surface area contributed by atoms with Gasteiger partial charge in [-0.05, 0) is 25.1 Å². The Bertz CT molecular complexity index is 331. The van der Waals surface area contributed by atoms with Crippen LogP contribution in [0.4, 0.5) is 5.69 Å². The Morgan fingerprint density at radius 3 is 2.41 bits per heavy atom. The zero-order valence-electron chi connectivity index (χ0n) is 10.2. The van der Waals surface area contributed by atoms with Crippen LogP contribution < -0.4 is 4.90 Å². The number of carbonyl (C=O) groups excluding carboxylic acids is 1. The zero-order valence-corrected chi connectivity index (χ0v) is 10.2. The highest BCUT2D eigenvalue weighted by molar-refractivity contribution is 5.49. The van der Waals surface area contributed by atoms with Crippen LogP contribution in [0.3, 0.4) is 0 Å². The van der Waals surface area contributed by atoms with Gasteiger partial charge in [0.2, 0.25) is 0 Å². The van der Waals surface area contributed by atoms with Crippen LogP contribution in [0.15, 0.2) is 30.3 Å². The first-order valence-electron chi connectivity index (χ1n) is 6.36. The molecule has 0 amide bonds. The predicted octanol–water partition coefficient (Wildman–Crippen LogP) is 1.79. The molecule has 0 aromatic heterocycles. The smallest absolute Gasteiger partial charge is 0.120 e. The van der Waals surface area contributed by atoms with Gasteiger partial charge in [-0.1, -0.05) is 18.2 Å². The Morgan fingerprint density at radius 1 is 1.06 bits per heavy atom. The van der Waals surface area contributed by atoms with Crippen molar-refractivity contribution >= 4 is 12.0 Å². The van der Waals surface area contributed by atoms with Gasteiger partial charge in [-0.2, -0.15) is 0 Å². The maximum atomic E-state index is 10.3. The normalized spacial score (nSPS) is 17.1. The van der Waals surface area contributed by atoms with Gasteiger partial charge in [0.15, 0.2) is 0 Å². The number of piperazine rings is 1. The van der Waals surface area contributed by atoms with Crippen molar-refractivity contribution in [3.63, 3.8) is 0 Å². The number of rotatable bonds is 5. The summed E-state index contributed by atoms with van der Waals surface area (Å²) >= 11 is 0. The van der Waals surface area contributed by atoms with E-state index in [-0.39, 0.29) is 0 Å². The van der Waals surface area contributed by atoms with Crippen LogP contribution >= 0.6 is 0 Å². The standard InChI is InChI=1S/C14H20N2O/c17-13-5-4-8-15-9-11-16(12-10-15)14-6-2-1-3-7-14/h1-3,6-7,13H,4-5,8-12H2. The second kappa shape index (κ2) is 6.40. The summed E-state index contributed by atoms with van der Waals surface area (Å²) in [5.74, 6) is 0. The lowest BCUT2D eigenvalue weighted by Gasteiger charge is -2.36. The minimum absolute atomic E-state index is 0.693. The molecule has 0 spiro atoms. The molecule has 17 heavy (non-hydrogen) atoms. The first kappa shape index (κ1) is 12.1. The number of aldehydes is 1. The Hall–Kier alpha value is -1.35. The molecule has 0 saturated carbocycles. The molecule has 0 N–H and O–H groups in total. The van der Waals surface area contributed by atoms with E-state index in [0.29, 0.717) is 6.42 Å². The van der Waals surface area contributed by atoms with Crippen molar-refractivity contribution in [3.05, 3.63) is 30.3 Å². The Balaban J connectivity index is 1.76. The SMILES string of the molecule is O=CCCCN1CCN(c2ccccc2)CC1. The fourth-order valence-corrected chi connectivity index (χ4v) is 2.27. The fraction of sp³-hybridized carbons (Fsp3) is 0.500. The minimum Gasteiger partial charge on any atom is -0.369 e. The first-order valence-corrected chi connectivity index (χ1v) is 6.36. The van der Waals surface area contributed by atoms with Crippen LogP contribution in [0.2, 0.25) is 0 Å². The maximum Gasteiger partial charge on any atom is 0.120 e. The molecule has 0 atom stereocenters. The third-order valence-electron chi connectivity index (χ3n) is 3.29. The van der Waals surface area contributed by atoms with Crippen molar-refractivity contribution in [1.29, 1.82) is 0 Å². The molecule has 1 heterocycles. The van der Waals surface area contributed by atoms with E-state index < -0.39 is 0 Å². The summed E-state index contributed by atoms with van der Waals surface area (Å²) < 4.78 is 0. The van der Waals surface area contributed by atoms with Crippen molar-refractivity contribution in [1.82, 2.24) is 4.90 Å². The van der Waals surface area contributed by atoms with Gasteiger partial charge in [-0.25, -0.2) is 0 Å². The summed E-state index contributed by atoms with van der Waals surface area (Å²) in [4.78, 5) is 15.1. The maximum absolute atomic E-state index is 10.3. The van der Waals surface area contributed by atoms with E-state index in [1.54, 1.807) is 0 Å². The van der Waals surface area contributed by atoms with Gasteiger partial charge in [-0.15, -0.1) is 0 Å². The molecule has 1 aromatic rings. The highest BCUT2D eigenvalue weighted by Crippen LogP contribution is 2.15. The lowest BCUT2D eigenvalue weighted by molar-refractivity contribution is -0.108. The second-order valence-electron chi connectivity index (χ2n) is 4.47. The number of hydrogen-bond acceptors (Lipinski definition) is 3. The van der Waals surface area contributed by atoms with Crippen molar-refractivity contribution < 1.29 is 4.79 Å². The summed E-state index contributed by atoms with van der Waals surface area (Å²) in [5, 5.41) is 0. The summed E-state index contributed by atoms with van der Waals surface area (Å²) in [7, 11) is 0. The van der Waals surface area contributed by atoms with Crippen molar-refractivity contribution in [2.24, 2.45) is 0 Å². The molecule has 0 aliphatic carbocycles. The second-order valence-corrected chi connectivity index (χ2v) is 4.47. The number of hydrogen-bond donors (Lipinski definition) is 0. The van der Waals surface area contributed by atoms with Crippen LogP contribution in [-0.2, 0) is 4.79 Å². The average molecular weight is 232 g/mol. The summed E-state index contributed by atoms with van der Waals surface area (Å²) in [6.45, 7) is 5.44. The van der Waals surface area contributed by atoms with Gasteiger partial charge in [0.05, 0.1) is 0 Å². The van der Waals surface area contributed by atoms with E-state index in [1.165, 1.54) is 5.69 Å². The Labute approximate surface area is 103 Å². The summed E-state index contributed by atoms with van der Waals surface area (Å²) in [6.07, 6.45) is 2.70. The van der Waals surface area contributed by atoms with Crippen molar-refractivity contribution in [2.45, 2.75) is 12.8 Å². The van der Waals surface area contributed by atoms with Crippen LogP contribution in [0.25, 0.3) is 0 Å². The molecule has 1 aliphatic rings. The highest BCUT2D eigenvalue weighted by atomic mass is 16.1. The third kappa shape index (κ3) is 3.56. The van der Waals surface area contributed by atoms with Gasteiger partial charge in [-0.3, -0.25) is 4.90 Å². The summed E-state index contributed by atoms with van der Waals surface area (Å²) in [5.41, 5.74) is 1.32. The van der Waals surface area contributed by atoms with Gasteiger partial charge in [0, 0.05) is 38.3 Å². The van der Waals surface area contributed by atoms with Crippen LogP contribution in [0, 0.1) is 0 Å². The Morgan fingerprint density at radius 2 is 1.76 bits per heavy atom. The molecular formula is C14H20N2O. The van der Waals surface area contributed by atoms with Gasteiger partial charge in [0.1, 0.15) is 6.29 Å². The molecule has 1 saturated heterocycles. The molecule has 0 bridgehead atoms. The third-order valence-corrected chi connectivity index (χ3v) is 3.29. The number of para-hydroxylation sites is 1. The Kier molecular flexibility index (Phi) is 4.56. The largest absolute Gasteiger partial charge is 0.369 e. The van der Waals surface area contributed by atoms with E-state index in [9.17, 15) is 4.79 Å². The van der Waals surface area contributed by atoms with Gasteiger partial charge >= 0.3 is 0 Å². The topological polar surface area (TPSA) is 23.6 Å². The van der Waals surface area contributed by atoms with E-state index >= 15 is 0 Å². The number of nitrogens with zero attached hydrogens (tertiary/aromatic N) is 2. The molecule has 3 heteroatoms. The quantitative estimate of drug-likeness (QED) is 0.571. The van der Waals surface area contributed by atoms with E-state index in [1.807, 2.05) is 0 Å². The predicted molar refractivity (Wildman–Crippen MR) is 70.4 cm³/mol. The van der Waals surface area contributed by atoms with Crippen molar-refractivity contribution in [2.75, 3.05) is 37.6 Å². The van der Waals surface area contributed by atoms with E-state index in [2.05, 4.69) is 40.1 Å². The molecule has 0 radical (unpaired) electrons. The molecular weight excluding hydrogens is 212 g/mol. The van der Waals surface area contributed by atoms with Crippen LogP contribution in [-0.4, -0.2) is 43.9 Å². The molecule has 3 nitrogen and oxygen atoms in total. The van der Waals surface area contributed by atoms with E-state index in [0.717, 1.165) is 45.4 Å².